The van der Waals surface area contributed by atoms with Crippen LogP contribution in [0.25, 0.3) is 10.6 Å². The number of rotatable bonds is 6. The van der Waals surface area contributed by atoms with Gasteiger partial charge in [-0.15, -0.1) is 11.3 Å². The van der Waals surface area contributed by atoms with Gasteiger partial charge in [0.25, 0.3) is 5.91 Å². The Balaban J connectivity index is 1.69. The first-order chi connectivity index (χ1) is 12.0. The number of benzene rings is 1. The van der Waals surface area contributed by atoms with Crippen LogP contribution >= 0.6 is 11.3 Å². The van der Waals surface area contributed by atoms with Crippen LogP contribution in [0.1, 0.15) is 10.5 Å². The third-order valence-corrected chi connectivity index (χ3v) is 4.17. The molecule has 9 heteroatoms. The molecule has 0 atom stereocenters. The molecule has 0 saturated carbocycles. The summed E-state index contributed by atoms with van der Waals surface area (Å²) in [5, 5.41) is 9.05. The fourth-order valence-electron chi connectivity index (χ4n) is 2.11. The Morgan fingerprint density at radius 3 is 2.76 bits per heavy atom. The van der Waals surface area contributed by atoms with E-state index in [-0.39, 0.29) is 12.5 Å². The molecular weight excluding hydrogens is 342 g/mol. The highest BCUT2D eigenvalue weighted by atomic mass is 32.1. The van der Waals surface area contributed by atoms with Gasteiger partial charge in [0.05, 0.1) is 19.0 Å². The van der Waals surface area contributed by atoms with Gasteiger partial charge in [0, 0.05) is 17.1 Å². The second-order valence-electron chi connectivity index (χ2n) is 5.11. The number of amides is 2. The van der Waals surface area contributed by atoms with Gasteiger partial charge < -0.3 is 15.8 Å². The van der Waals surface area contributed by atoms with Crippen molar-refractivity contribution in [3.63, 3.8) is 0 Å². The second-order valence-corrected chi connectivity index (χ2v) is 5.97. The maximum absolute atomic E-state index is 12.3. The van der Waals surface area contributed by atoms with Crippen LogP contribution < -0.4 is 15.8 Å². The molecule has 0 saturated heterocycles. The lowest BCUT2D eigenvalue weighted by Gasteiger charge is -2.00. The van der Waals surface area contributed by atoms with Crippen molar-refractivity contribution in [2.45, 2.75) is 6.54 Å². The summed E-state index contributed by atoms with van der Waals surface area (Å²) in [5.41, 5.74) is 6.77. The lowest BCUT2D eigenvalue weighted by atomic mass is 10.2. The summed E-state index contributed by atoms with van der Waals surface area (Å²) >= 11 is 1.37. The number of nitrogens with one attached hydrogen (secondary N) is 1. The highest BCUT2D eigenvalue weighted by Crippen LogP contribution is 2.26. The first-order valence-corrected chi connectivity index (χ1v) is 8.15. The van der Waals surface area contributed by atoms with Gasteiger partial charge in [-0.25, -0.2) is 4.98 Å². The summed E-state index contributed by atoms with van der Waals surface area (Å²) in [5.74, 6) is -0.106. The van der Waals surface area contributed by atoms with Crippen molar-refractivity contribution in [1.82, 2.24) is 14.8 Å². The molecule has 0 radical (unpaired) electrons. The average Bonchev–Trinajstić information content (AvgIpc) is 3.24. The van der Waals surface area contributed by atoms with Crippen LogP contribution in [0.5, 0.6) is 5.75 Å². The zero-order valence-corrected chi connectivity index (χ0v) is 14.1. The maximum Gasteiger partial charge on any atom is 0.275 e. The molecule has 3 N–H and O–H groups in total. The first-order valence-electron chi connectivity index (χ1n) is 7.27. The third-order valence-electron chi connectivity index (χ3n) is 3.28. The molecule has 3 rings (SSSR count). The fraction of sp³-hybridized carbons (Fsp3) is 0.125. The molecule has 0 aliphatic heterocycles. The lowest BCUT2D eigenvalue weighted by Crippen LogP contribution is -2.18. The molecule has 1 aromatic carbocycles. The van der Waals surface area contributed by atoms with E-state index >= 15 is 0 Å². The average molecular weight is 357 g/mol. The van der Waals surface area contributed by atoms with Crippen LogP contribution in [0, 0.1) is 0 Å². The molecule has 2 amide bonds. The van der Waals surface area contributed by atoms with Crippen molar-refractivity contribution in [1.29, 1.82) is 0 Å². The number of hydrogen-bond acceptors (Lipinski definition) is 6. The number of primary amides is 1. The molecule has 128 valence electrons. The van der Waals surface area contributed by atoms with Gasteiger partial charge in [0.2, 0.25) is 5.91 Å². The van der Waals surface area contributed by atoms with E-state index in [4.69, 9.17) is 10.5 Å². The predicted molar refractivity (Wildman–Crippen MR) is 93.5 cm³/mol. The minimum absolute atomic E-state index is 0.0474. The van der Waals surface area contributed by atoms with E-state index in [2.05, 4.69) is 15.4 Å². The molecule has 0 fully saturated rings. The predicted octanol–water partition coefficient (Wildman–Crippen LogP) is 1.75. The Hall–Kier alpha value is -3.20. The van der Waals surface area contributed by atoms with Crippen LogP contribution in [-0.2, 0) is 11.3 Å². The first kappa shape index (κ1) is 16.7. The number of methoxy groups -OCH3 is 1. The van der Waals surface area contributed by atoms with E-state index in [1.54, 1.807) is 12.5 Å². The standard InChI is InChI=1S/C16H15N5O3S/c1-24-12-4-2-10(3-5-12)16-20-13(9-25-16)15(23)19-11-6-18-21(7-11)8-14(17)22/h2-7,9H,8H2,1H3,(H2,17,22)(H,19,23). The summed E-state index contributed by atoms with van der Waals surface area (Å²) in [6.07, 6.45) is 2.97. The third kappa shape index (κ3) is 4.01. The van der Waals surface area contributed by atoms with E-state index in [0.29, 0.717) is 11.4 Å². The van der Waals surface area contributed by atoms with Crippen LogP contribution in [0.3, 0.4) is 0 Å². The molecular formula is C16H15N5O3S. The van der Waals surface area contributed by atoms with Crippen LogP contribution in [-0.4, -0.2) is 33.7 Å². The summed E-state index contributed by atoms with van der Waals surface area (Å²) in [6.45, 7) is -0.0474. The highest BCUT2D eigenvalue weighted by molar-refractivity contribution is 7.13. The molecule has 2 aromatic heterocycles. The number of aromatic nitrogens is 3. The highest BCUT2D eigenvalue weighted by Gasteiger charge is 2.13. The molecule has 0 bridgehead atoms. The summed E-state index contributed by atoms with van der Waals surface area (Å²) < 4.78 is 6.47. The smallest absolute Gasteiger partial charge is 0.275 e. The molecule has 0 spiro atoms. The molecule has 0 unspecified atom stereocenters. The van der Waals surface area contributed by atoms with Crippen molar-refractivity contribution in [3.8, 4) is 16.3 Å². The number of thiazole rings is 1. The zero-order valence-electron chi connectivity index (χ0n) is 13.3. The number of ether oxygens (including phenoxy) is 1. The van der Waals surface area contributed by atoms with Crippen molar-refractivity contribution >= 4 is 28.8 Å². The van der Waals surface area contributed by atoms with Gasteiger partial charge >= 0.3 is 0 Å². The summed E-state index contributed by atoms with van der Waals surface area (Å²) in [4.78, 5) is 27.5. The van der Waals surface area contributed by atoms with E-state index in [1.165, 1.54) is 28.4 Å². The minimum atomic E-state index is -0.510. The number of anilines is 1. The topological polar surface area (TPSA) is 112 Å². The summed E-state index contributed by atoms with van der Waals surface area (Å²) in [6, 6.07) is 7.44. The van der Waals surface area contributed by atoms with Crippen LogP contribution in [0.15, 0.2) is 42.0 Å². The Labute approximate surface area is 147 Å². The van der Waals surface area contributed by atoms with Crippen LogP contribution in [0.2, 0.25) is 0 Å². The molecule has 8 nitrogen and oxygen atoms in total. The Morgan fingerprint density at radius 1 is 1.32 bits per heavy atom. The SMILES string of the molecule is COc1ccc(-c2nc(C(=O)Nc3cnn(CC(N)=O)c3)cs2)cc1. The molecule has 25 heavy (non-hydrogen) atoms. The van der Waals surface area contributed by atoms with Crippen molar-refractivity contribution in [3.05, 3.63) is 47.7 Å². The molecule has 2 heterocycles. The van der Waals surface area contributed by atoms with Gasteiger partial charge in [0.1, 0.15) is 23.0 Å². The number of nitrogens with two attached hydrogens (primary N) is 1. The number of hydrogen-bond donors (Lipinski definition) is 2. The van der Waals surface area contributed by atoms with Gasteiger partial charge in [-0.1, -0.05) is 0 Å². The van der Waals surface area contributed by atoms with Crippen molar-refractivity contribution in [2.24, 2.45) is 5.73 Å². The van der Waals surface area contributed by atoms with Crippen molar-refractivity contribution < 1.29 is 14.3 Å². The maximum atomic E-state index is 12.3. The second kappa shape index (κ2) is 7.14. The van der Waals surface area contributed by atoms with Crippen molar-refractivity contribution in [2.75, 3.05) is 12.4 Å². The molecule has 3 aromatic rings. The molecule has 0 aliphatic rings. The van der Waals surface area contributed by atoms with Gasteiger partial charge in [-0.05, 0) is 24.3 Å². The van der Waals surface area contributed by atoms with E-state index in [1.807, 2.05) is 24.3 Å². The normalized spacial score (nSPS) is 10.4. The fourth-order valence-corrected chi connectivity index (χ4v) is 2.92. The lowest BCUT2D eigenvalue weighted by molar-refractivity contribution is -0.118. The monoisotopic (exact) mass is 357 g/mol. The Morgan fingerprint density at radius 2 is 2.08 bits per heavy atom. The Bertz CT molecular complexity index is 901. The van der Waals surface area contributed by atoms with E-state index in [9.17, 15) is 9.59 Å². The number of carbonyl (C=O) groups is 2. The molecule has 0 aliphatic carbocycles. The quantitative estimate of drug-likeness (QED) is 0.698. The summed E-state index contributed by atoms with van der Waals surface area (Å²) in [7, 11) is 1.60. The largest absolute Gasteiger partial charge is 0.497 e. The van der Waals surface area contributed by atoms with Gasteiger partial charge in [0.15, 0.2) is 0 Å². The van der Waals surface area contributed by atoms with E-state index in [0.717, 1.165) is 16.3 Å². The van der Waals surface area contributed by atoms with Gasteiger partial charge in [-0.2, -0.15) is 5.10 Å². The minimum Gasteiger partial charge on any atom is -0.497 e. The number of nitrogens with zero attached hydrogens (tertiary/aromatic N) is 3. The Kier molecular flexibility index (Phi) is 4.75. The number of carbonyl (C=O) groups excluding carboxylic acids is 2. The van der Waals surface area contributed by atoms with Gasteiger partial charge in [-0.3, -0.25) is 14.3 Å². The van der Waals surface area contributed by atoms with E-state index < -0.39 is 5.91 Å². The zero-order chi connectivity index (χ0) is 17.8. The van der Waals surface area contributed by atoms with Crippen LogP contribution in [0.4, 0.5) is 5.69 Å².